The molecule has 0 amide bonds. The van der Waals surface area contributed by atoms with E-state index in [0.717, 1.165) is 12.2 Å². The normalized spacial score (nSPS) is 19.1. The fourth-order valence-electron chi connectivity index (χ4n) is 3.88. The van der Waals surface area contributed by atoms with E-state index in [1.807, 2.05) is 12.1 Å². The van der Waals surface area contributed by atoms with E-state index >= 15 is 0 Å². The molecule has 1 aliphatic rings. The van der Waals surface area contributed by atoms with Gasteiger partial charge in [-0.1, -0.05) is 63.7 Å². The summed E-state index contributed by atoms with van der Waals surface area (Å²) < 4.78 is 45.4. The largest absolute Gasteiger partial charge is 0.491 e. The van der Waals surface area contributed by atoms with Gasteiger partial charge in [-0.05, 0) is 43.4 Å². The highest BCUT2D eigenvalue weighted by Gasteiger charge is 2.43. The topological polar surface area (TPSA) is 97.1 Å². The lowest BCUT2D eigenvalue weighted by molar-refractivity contribution is -0.0941. The van der Waals surface area contributed by atoms with Crippen molar-refractivity contribution in [2.24, 2.45) is 5.90 Å². The monoisotopic (exact) mass is 483 g/mol. The second-order valence-corrected chi connectivity index (χ2v) is 10.4. The van der Waals surface area contributed by atoms with Crippen molar-refractivity contribution in [3.63, 3.8) is 0 Å². The first-order chi connectivity index (χ1) is 16.0. The number of unbranched alkanes of at least 4 members (excludes halogenated alkanes) is 6. The zero-order chi connectivity index (χ0) is 23.9. The third kappa shape index (κ3) is 10.1. The molecule has 1 aromatic rings. The van der Waals surface area contributed by atoms with Crippen molar-refractivity contribution in [2.45, 2.75) is 88.6 Å². The van der Waals surface area contributed by atoms with Crippen molar-refractivity contribution in [1.29, 1.82) is 0 Å². The highest BCUT2D eigenvalue weighted by atomic mass is 32.2. The number of aryl methyl sites for hydroxylation is 1. The summed E-state index contributed by atoms with van der Waals surface area (Å²) in [6, 6.07) is 8.14. The second kappa shape index (κ2) is 15.5. The number of benzene rings is 1. The number of ether oxygens (including phenoxy) is 3. The second-order valence-electron chi connectivity index (χ2n) is 8.65. The van der Waals surface area contributed by atoms with Gasteiger partial charge in [-0.2, -0.15) is 18.6 Å². The van der Waals surface area contributed by atoms with Crippen LogP contribution in [-0.4, -0.2) is 45.7 Å². The fourth-order valence-corrected chi connectivity index (χ4v) is 5.02. The molecule has 0 spiro atoms. The molecule has 3 unspecified atom stereocenters. The molecule has 7 nitrogen and oxygen atoms in total. The molecule has 2 N–H and O–H groups in total. The van der Waals surface area contributed by atoms with Gasteiger partial charge in [0, 0.05) is 0 Å². The highest BCUT2D eigenvalue weighted by molar-refractivity contribution is 7.87. The first-order valence-electron chi connectivity index (χ1n) is 12.2. The van der Waals surface area contributed by atoms with Gasteiger partial charge >= 0.3 is 0 Å². The van der Waals surface area contributed by atoms with Crippen LogP contribution in [0.2, 0.25) is 0 Å². The zero-order valence-corrected chi connectivity index (χ0v) is 20.8. The minimum atomic E-state index is -3.81. The highest BCUT2D eigenvalue weighted by Crippen LogP contribution is 2.31. The summed E-state index contributed by atoms with van der Waals surface area (Å²) in [4.78, 5) is 0. The molecule has 0 radical (unpaired) electrons. The van der Waals surface area contributed by atoms with E-state index in [2.05, 4.69) is 29.9 Å². The van der Waals surface area contributed by atoms with Crippen LogP contribution in [0.1, 0.15) is 70.3 Å². The molecule has 188 valence electrons. The molecule has 0 heterocycles. The molecule has 0 aliphatic heterocycles. The minimum Gasteiger partial charge on any atom is -0.491 e. The first-order valence-corrected chi connectivity index (χ1v) is 13.6. The van der Waals surface area contributed by atoms with Gasteiger partial charge < -0.3 is 14.2 Å². The lowest BCUT2D eigenvalue weighted by Gasteiger charge is -2.36. The van der Waals surface area contributed by atoms with Crippen molar-refractivity contribution >= 4 is 10.1 Å². The summed E-state index contributed by atoms with van der Waals surface area (Å²) in [5.41, 5.74) is 1.31. The van der Waals surface area contributed by atoms with E-state index in [1.165, 1.54) is 50.5 Å². The van der Waals surface area contributed by atoms with Crippen molar-refractivity contribution in [1.82, 2.24) is 0 Å². The van der Waals surface area contributed by atoms with E-state index in [1.54, 1.807) is 6.08 Å². The molecule has 2 rings (SSSR count). The third-order valence-electron chi connectivity index (χ3n) is 5.99. The molecule has 0 aromatic heterocycles. The summed E-state index contributed by atoms with van der Waals surface area (Å²) in [7, 11) is -3.81. The molecule has 3 atom stereocenters. The molecule has 0 bridgehead atoms. The lowest BCUT2D eigenvalue weighted by Crippen LogP contribution is -2.49. The van der Waals surface area contributed by atoms with Crippen molar-refractivity contribution in [2.75, 3.05) is 19.8 Å². The number of nitrogens with two attached hydrogens (primary N) is 1. The Kier molecular flexibility index (Phi) is 13.0. The van der Waals surface area contributed by atoms with Gasteiger partial charge in [0.25, 0.3) is 10.1 Å². The standard InChI is InChI=1S/C25H41NO6S/c1-3-5-6-7-8-9-10-11-21-12-14-22(15-13-21)30-20-23(19-29-18-4-2)31-24-16-17-25(24)33(27,28)32-26/h4,12-15,23-25H,2-3,5-11,16-20,26H2,1H3. The molecule has 1 aliphatic carbocycles. The molecular weight excluding hydrogens is 442 g/mol. The fraction of sp³-hybridized carbons (Fsp3) is 0.680. The van der Waals surface area contributed by atoms with E-state index < -0.39 is 27.6 Å². The van der Waals surface area contributed by atoms with Crippen LogP contribution in [0.4, 0.5) is 0 Å². The van der Waals surface area contributed by atoms with E-state index in [0.29, 0.717) is 19.4 Å². The summed E-state index contributed by atoms with van der Waals surface area (Å²) in [5.74, 6) is 5.66. The molecule has 1 saturated carbocycles. The van der Waals surface area contributed by atoms with E-state index in [9.17, 15) is 8.42 Å². The molecule has 1 fully saturated rings. The Hall–Kier alpha value is -1.45. The Morgan fingerprint density at radius 2 is 1.76 bits per heavy atom. The average Bonchev–Trinajstić information content (AvgIpc) is 2.79. The van der Waals surface area contributed by atoms with E-state index in [4.69, 9.17) is 20.1 Å². The van der Waals surface area contributed by atoms with Gasteiger partial charge in [0.05, 0.1) is 19.3 Å². The predicted molar refractivity (Wildman–Crippen MR) is 131 cm³/mol. The van der Waals surface area contributed by atoms with Crippen LogP contribution in [0.3, 0.4) is 0 Å². The molecular formula is C25H41NO6S. The molecule has 33 heavy (non-hydrogen) atoms. The van der Waals surface area contributed by atoms with Crippen LogP contribution in [0.25, 0.3) is 0 Å². The average molecular weight is 484 g/mol. The first kappa shape index (κ1) is 27.8. The van der Waals surface area contributed by atoms with Crippen LogP contribution < -0.4 is 10.6 Å². The molecule has 1 aromatic carbocycles. The smallest absolute Gasteiger partial charge is 0.288 e. The van der Waals surface area contributed by atoms with Crippen LogP contribution in [0.15, 0.2) is 36.9 Å². The van der Waals surface area contributed by atoms with Crippen LogP contribution >= 0.6 is 0 Å². The summed E-state index contributed by atoms with van der Waals surface area (Å²) in [6.45, 7) is 6.79. The van der Waals surface area contributed by atoms with Gasteiger partial charge in [0.15, 0.2) is 0 Å². The van der Waals surface area contributed by atoms with Crippen molar-refractivity contribution < 1.29 is 26.9 Å². The summed E-state index contributed by atoms with van der Waals surface area (Å²) in [6.07, 6.45) is 12.0. The van der Waals surface area contributed by atoms with Gasteiger partial charge in [0.2, 0.25) is 0 Å². The number of hydrogen-bond donors (Lipinski definition) is 1. The van der Waals surface area contributed by atoms with Crippen LogP contribution in [0, 0.1) is 0 Å². The lowest BCUT2D eigenvalue weighted by atomic mass is 9.95. The van der Waals surface area contributed by atoms with Crippen molar-refractivity contribution in [3.8, 4) is 5.75 Å². The minimum absolute atomic E-state index is 0.251. The van der Waals surface area contributed by atoms with Crippen molar-refractivity contribution in [3.05, 3.63) is 42.5 Å². The van der Waals surface area contributed by atoms with Gasteiger partial charge in [-0.3, -0.25) is 0 Å². The van der Waals surface area contributed by atoms with E-state index in [-0.39, 0.29) is 13.2 Å². The quantitative estimate of drug-likeness (QED) is 0.173. The summed E-state index contributed by atoms with van der Waals surface area (Å²) >= 11 is 0. The Morgan fingerprint density at radius 3 is 2.36 bits per heavy atom. The number of rotatable bonds is 19. The van der Waals surface area contributed by atoms with Gasteiger partial charge in [0.1, 0.15) is 23.7 Å². The molecule has 0 saturated heterocycles. The Bertz CT molecular complexity index is 768. The summed E-state index contributed by atoms with van der Waals surface area (Å²) in [5, 5.41) is -0.754. The maximum absolute atomic E-state index is 11.9. The molecule has 8 heteroatoms. The predicted octanol–water partition coefficient (Wildman–Crippen LogP) is 4.70. The Morgan fingerprint density at radius 1 is 1.06 bits per heavy atom. The SMILES string of the molecule is C=CCOCC(COc1ccc(CCCCCCCCC)cc1)OC1CCC1S(=O)(=O)ON. The van der Waals surface area contributed by atoms with Gasteiger partial charge in [-0.15, -0.1) is 6.58 Å². The zero-order valence-electron chi connectivity index (χ0n) is 20.0. The maximum Gasteiger partial charge on any atom is 0.288 e. The van der Waals surface area contributed by atoms with Crippen LogP contribution in [-0.2, 0) is 30.3 Å². The van der Waals surface area contributed by atoms with Gasteiger partial charge in [-0.25, -0.2) is 0 Å². The maximum atomic E-state index is 11.9. The number of hydrogen-bond acceptors (Lipinski definition) is 7. The Balaban J connectivity index is 1.77. The van der Waals surface area contributed by atoms with Crippen LogP contribution in [0.5, 0.6) is 5.75 Å². The Labute approximate surface area is 199 Å². The third-order valence-corrected chi connectivity index (χ3v) is 7.54.